The van der Waals surface area contributed by atoms with Crippen molar-refractivity contribution in [2.45, 2.75) is 37.1 Å². The molecule has 0 amide bonds. The molecule has 1 aliphatic heterocycles. The topological polar surface area (TPSA) is 197 Å². The number of ether oxygens (including phenoxy) is 3. The van der Waals surface area contributed by atoms with Gasteiger partial charge in [0, 0.05) is 0 Å². The van der Waals surface area contributed by atoms with Gasteiger partial charge in [-0.1, -0.05) is 6.08 Å². The molecule has 5 N–H and O–H groups in total. The molecule has 12 nitrogen and oxygen atoms in total. The highest BCUT2D eigenvalue weighted by molar-refractivity contribution is 7.85. The van der Waals surface area contributed by atoms with Crippen molar-refractivity contribution >= 4 is 22.1 Å². The number of carboxylic acid groups (broad SMARTS) is 1. The van der Waals surface area contributed by atoms with Gasteiger partial charge in [-0.15, -0.1) is 6.58 Å². The van der Waals surface area contributed by atoms with E-state index in [0.717, 1.165) is 0 Å². The van der Waals surface area contributed by atoms with E-state index >= 15 is 0 Å². The molecule has 1 aliphatic rings. The first-order chi connectivity index (χ1) is 12.5. The van der Waals surface area contributed by atoms with Crippen LogP contribution < -0.4 is 0 Å². The molecule has 0 aliphatic carbocycles. The minimum Gasteiger partial charge on any atom is -0.481 e. The number of carboxylic acids is 1. The molecule has 0 spiro atoms. The summed E-state index contributed by atoms with van der Waals surface area (Å²) in [6.07, 6.45) is -7.49. The van der Waals surface area contributed by atoms with Crippen LogP contribution in [0.25, 0.3) is 0 Å². The summed E-state index contributed by atoms with van der Waals surface area (Å²) >= 11 is 0. The summed E-state index contributed by atoms with van der Waals surface area (Å²) in [4.78, 5) is 23.0. The molecule has 156 valence electrons. The number of rotatable bonds is 10. The highest BCUT2D eigenvalue weighted by Gasteiger charge is 2.48. The third kappa shape index (κ3) is 7.14. The Hall–Kier alpha value is -1.61. The molecule has 0 saturated carbocycles. The third-order valence-corrected chi connectivity index (χ3v) is 4.44. The first kappa shape index (κ1) is 23.4. The number of carbonyl (C=O) groups is 2. The van der Waals surface area contributed by atoms with Crippen molar-refractivity contribution in [2.24, 2.45) is 5.92 Å². The minimum atomic E-state index is -4.70. The lowest BCUT2D eigenvalue weighted by molar-refractivity contribution is -0.302. The summed E-state index contributed by atoms with van der Waals surface area (Å²) in [5.74, 6) is -5.90. The van der Waals surface area contributed by atoms with Gasteiger partial charge in [0.25, 0.3) is 10.1 Å². The molecule has 0 aromatic carbocycles. The van der Waals surface area contributed by atoms with Gasteiger partial charge in [-0.2, -0.15) is 8.42 Å². The van der Waals surface area contributed by atoms with Crippen molar-refractivity contribution in [3.63, 3.8) is 0 Å². The molecule has 0 radical (unpaired) electrons. The summed E-state index contributed by atoms with van der Waals surface area (Å²) < 4.78 is 46.2. The van der Waals surface area contributed by atoms with E-state index in [-0.39, 0.29) is 6.61 Å². The highest BCUT2D eigenvalue weighted by atomic mass is 32.2. The maximum atomic E-state index is 12.2. The van der Waals surface area contributed by atoms with E-state index in [9.17, 15) is 28.2 Å². The summed E-state index contributed by atoms with van der Waals surface area (Å²) in [5, 5.41) is 38.0. The maximum absolute atomic E-state index is 12.2. The summed E-state index contributed by atoms with van der Waals surface area (Å²) in [6, 6.07) is 0. The molecular weight excluding hydrogens is 392 g/mol. The fraction of sp³-hybridized carbons (Fsp3) is 0.714. The number of hydrogen-bond donors (Lipinski definition) is 5. The molecule has 0 bridgehead atoms. The molecule has 2 unspecified atom stereocenters. The van der Waals surface area contributed by atoms with E-state index in [1.54, 1.807) is 0 Å². The quantitative estimate of drug-likeness (QED) is 0.143. The second kappa shape index (κ2) is 10.1. The molecule has 1 rings (SSSR count). The number of carbonyl (C=O) groups excluding carboxylic acids is 1. The molecule has 1 fully saturated rings. The molecule has 0 aromatic heterocycles. The Kier molecular flexibility index (Phi) is 8.74. The predicted octanol–water partition coefficient (Wildman–Crippen LogP) is -2.48. The van der Waals surface area contributed by atoms with Crippen LogP contribution in [-0.4, -0.2) is 95.0 Å². The SMILES string of the molecule is C=CCOC1O[C@H](CO)[C@@H](O)[C@H](O)[C@H]1OC(=O)C(CC(=O)O)CS(=O)(=O)O. The second-order valence-electron chi connectivity index (χ2n) is 5.77. The number of aliphatic hydroxyl groups excluding tert-OH is 3. The lowest BCUT2D eigenvalue weighted by Crippen LogP contribution is -2.60. The van der Waals surface area contributed by atoms with Crippen molar-refractivity contribution in [2.75, 3.05) is 19.0 Å². The number of esters is 1. The predicted molar refractivity (Wildman–Crippen MR) is 85.9 cm³/mol. The van der Waals surface area contributed by atoms with E-state index < -0.39 is 77.5 Å². The molecule has 6 atom stereocenters. The van der Waals surface area contributed by atoms with Crippen molar-refractivity contribution in [3.05, 3.63) is 12.7 Å². The number of aliphatic hydroxyl groups is 3. The molecular formula is C14H22O12S. The Morgan fingerprint density at radius 2 is 1.89 bits per heavy atom. The zero-order valence-corrected chi connectivity index (χ0v) is 14.9. The van der Waals surface area contributed by atoms with E-state index in [4.69, 9.17) is 29.0 Å². The van der Waals surface area contributed by atoms with Gasteiger partial charge in [-0.25, -0.2) is 0 Å². The molecule has 27 heavy (non-hydrogen) atoms. The largest absolute Gasteiger partial charge is 0.481 e. The summed E-state index contributed by atoms with van der Waals surface area (Å²) in [5.41, 5.74) is 0. The van der Waals surface area contributed by atoms with Crippen LogP contribution in [0, 0.1) is 5.92 Å². The Labute approximate surface area is 154 Å². The molecule has 0 aromatic rings. The summed E-state index contributed by atoms with van der Waals surface area (Å²) in [6.45, 7) is 2.59. The Bertz CT molecular complexity index is 632. The van der Waals surface area contributed by atoms with Crippen molar-refractivity contribution in [1.29, 1.82) is 0 Å². The van der Waals surface area contributed by atoms with Crippen molar-refractivity contribution < 1.29 is 57.2 Å². The summed E-state index contributed by atoms with van der Waals surface area (Å²) in [7, 11) is -4.70. The van der Waals surface area contributed by atoms with E-state index in [1.165, 1.54) is 6.08 Å². The standard InChI is InChI=1S/C14H22O12S/c1-2-3-24-14-12(11(19)10(18)8(5-15)25-14)26-13(20)7(4-9(16)17)6-27(21,22)23/h2,7-8,10-12,14-15,18-19H,1,3-6H2,(H,16,17)(H,21,22,23)/t7?,8-,10-,11+,12-,14?/m1/s1. The van der Waals surface area contributed by atoms with Gasteiger partial charge in [-0.05, 0) is 0 Å². The fourth-order valence-electron chi connectivity index (χ4n) is 2.38. The van der Waals surface area contributed by atoms with Crippen LogP contribution in [0.3, 0.4) is 0 Å². The smallest absolute Gasteiger partial charge is 0.311 e. The molecule has 13 heteroatoms. The second-order valence-corrected chi connectivity index (χ2v) is 7.27. The third-order valence-electron chi connectivity index (χ3n) is 3.62. The maximum Gasteiger partial charge on any atom is 0.311 e. The van der Waals surface area contributed by atoms with Crippen LogP contribution in [0.5, 0.6) is 0 Å². The monoisotopic (exact) mass is 414 g/mol. The van der Waals surface area contributed by atoms with Gasteiger partial charge >= 0.3 is 11.9 Å². The Balaban J connectivity index is 3.00. The minimum absolute atomic E-state index is 0.122. The lowest BCUT2D eigenvalue weighted by Gasteiger charge is -2.41. The van der Waals surface area contributed by atoms with Crippen molar-refractivity contribution in [1.82, 2.24) is 0 Å². The van der Waals surface area contributed by atoms with E-state index in [1.807, 2.05) is 0 Å². The highest BCUT2D eigenvalue weighted by Crippen LogP contribution is 2.26. The van der Waals surface area contributed by atoms with Gasteiger partial charge in [0.15, 0.2) is 12.4 Å². The molecule has 1 heterocycles. The van der Waals surface area contributed by atoms with Gasteiger partial charge in [0.05, 0.1) is 31.3 Å². The fourth-order valence-corrected chi connectivity index (χ4v) is 3.15. The zero-order valence-electron chi connectivity index (χ0n) is 14.1. The average Bonchev–Trinajstić information content (AvgIpc) is 2.56. The normalized spacial score (nSPS) is 29.7. The molecule has 1 saturated heterocycles. The van der Waals surface area contributed by atoms with Crippen LogP contribution >= 0.6 is 0 Å². The van der Waals surface area contributed by atoms with Gasteiger partial charge in [0.1, 0.15) is 18.3 Å². The van der Waals surface area contributed by atoms with E-state index in [2.05, 4.69) is 6.58 Å². The van der Waals surface area contributed by atoms with Crippen LogP contribution in [0.4, 0.5) is 0 Å². The lowest BCUT2D eigenvalue weighted by atomic mass is 9.98. The van der Waals surface area contributed by atoms with Crippen LogP contribution in [0.1, 0.15) is 6.42 Å². The number of aliphatic carboxylic acids is 1. The Morgan fingerprint density at radius 1 is 1.26 bits per heavy atom. The zero-order chi connectivity index (χ0) is 20.8. The van der Waals surface area contributed by atoms with Gasteiger partial charge < -0.3 is 34.6 Å². The Morgan fingerprint density at radius 3 is 2.37 bits per heavy atom. The van der Waals surface area contributed by atoms with Crippen LogP contribution in [0.15, 0.2) is 12.7 Å². The van der Waals surface area contributed by atoms with Gasteiger partial charge in [0.2, 0.25) is 0 Å². The van der Waals surface area contributed by atoms with Crippen LogP contribution in [-0.2, 0) is 33.9 Å². The van der Waals surface area contributed by atoms with Crippen LogP contribution in [0.2, 0.25) is 0 Å². The van der Waals surface area contributed by atoms with Crippen molar-refractivity contribution in [3.8, 4) is 0 Å². The first-order valence-corrected chi connectivity index (χ1v) is 9.33. The van der Waals surface area contributed by atoms with Gasteiger partial charge in [-0.3, -0.25) is 14.1 Å². The van der Waals surface area contributed by atoms with E-state index in [0.29, 0.717) is 0 Å². The first-order valence-electron chi connectivity index (χ1n) is 7.72. The average molecular weight is 414 g/mol. The number of hydrogen-bond acceptors (Lipinski definition) is 10.